The van der Waals surface area contributed by atoms with Crippen LogP contribution < -0.4 is 27.3 Å². The molecule has 1 aliphatic heterocycles. The largest absolute Gasteiger partial charge is 0.444 e. The number of halogens is 1. The highest BCUT2D eigenvalue weighted by Gasteiger charge is 2.33. The number of carbonyl (C=O) groups excluding carboxylic acids is 1. The van der Waals surface area contributed by atoms with E-state index in [0.29, 0.717) is 29.0 Å². The highest BCUT2D eigenvalue weighted by Crippen LogP contribution is 2.38. The van der Waals surface area contributed by atoms with Crippen molar-refractivity contribution in [2.75, 3.05) is 23.8 Å². The van der Waals surface area contributed by atoms with Crippen LogP contribution in [0.3, 0.4) is 0 Å². The lowest BCUT2D eigenvalue weighted by molar-refractivity contribution is 0.0494. The second-order valence-corrected chi connectivity index (χ2v) is 10.2. The first-order valence-corrected chi connectivity index (χ1v) is 11.4. The van der Waals surface area contributed by atoms with Gasteiger partial charge in [-0.3, -0.25) is 9.36 Å². The molecule has 10 heteroatoms. The molecule has 9 nitrogen and oxygen atoms in total. The Bertz CT molecular complexity index is 1220. The van der Waals surface area contributed by atoms with Crippen LogP contribution in [0.5, 0.6) is 0 Å². The highest BCUT2D eigenvalue weighted by atomic mass is 19.1. The summed E-state index contributed by atoms with van der Waals surface area (Å²) in [7, 11) is 0. The van der Waals surface area contributed by atoms with Crippen LogP contribution in [0.1, 0.15) is 58.6 Å². The van der Waals surface area contributed by atoms with Gasteiger partial charge in [0.2, 0.25) is 0 Å². The monoisotopic (exact) mass is 461 g/mol. The number of alkyl carbamates (subject to hydrolysis) is 1. The molecule has 0 bridgehead atoms. The number of hydrogen-bond acceptors (Lipinski definition) is 6. The van der Waals surface area contributed by atoms with E-state index in [1.807, 2.05) is 11.8 Å². The average molecular weight is 462 g/mol. The molecule has 2 aromatic rings. The minimum atomic E-state index is -0.690. The minimum Gasteiger partial charge on any atom is -0.444 e. The number of fused-ring (bicyclic) bond motifs is 1. The normalized spacial score (nSPS) is 19.7. The van der Waals surface area contributed by atoms with Crippen molar-refractivity contribution in [3.63, 3.8) is 0 Å². The number of carbonyl (C=O) groups is 1. The molecule has 1 amide bonds. The Labute approximate surface area is 191 Å². The molecular weight excluding hydrogens is 429 g/mol. The quantitative estimate of drug-likeness (QED) is 0.677. The Morgan fingerprint density at radius 3 is 2.55 bits per heavy atom. The van der Waals surface area contributed by atoms with E-state index < -0.39 is 28.8 Å². The van der Waals surface area contributed by atoms with Gasteiger partial charge in [0.15, 0.2) is 0 Å². The van der Waals surface area contributed by atoms with Crippen molar-refractivity contribution >= 4 is 22.7 Å². The average Bonchev–Trinajstić information content (AvgIpc) is 3.42. The molecule has 2 fully saturated rings. The topological polar surface area (TPSA) is 112 Å². The van der Waals surface area contributed by atoms with E-state index in [-0.39, 0.29) is 29.0 Å². The summed E-state index contributed by atoms with van der Waals surface area (Å²) in [6.07, 6.45) is 1.91. The first-order chi connectivity index (χ1) is 15.4. The molecule has 2 aliphatic rings. The van der Waals surface area contributed by atoms with Crippen molar-refractivity contribution < 1.29 is 13.9 Å². The number of benzene rings is 1. The molecule has 180 valence electrons. The van der Waals surface area contributed by atoms with Gasteiger partial charge in [0, 0.05) is 30.7 Å². The molecular formula is C23H32FN5O4. The molecule has 1 aromatic carbocycles. The van der Waals surface area contributed by atoms with E-state index in [1.165, 1.54) is 4.57 Å². The number of aryl methyl sites for hydroxylation is 1. The SMILES string of the molecule is Cc1c(F)c(N2CC[C@H]([C@@H](C)NC(=O)OC(C)(C)C)C2)cc2c1c(=O)n(N)c(=O)n2C1CC1. The van der Waals surface area contributed by atoms with Crippen LogP contribution in [0.4, 0.5) is 14.9 Å². The van der Waals surface area contributed by atoms with Crippen LogP contribution in [-0.4, -0.2) is 40.1 Å². The van der Waals surface area contributed by atoms with Gasteiger partial charge >= 0.3 is 11.8 Å². The summed E-state index contributed by atoms with van der Waals surface area (Å²) in [5.41, 5.74) is -0.895. The van der Waals surface area contributed by atoms with E-state index in [1.54, 1.807) is 33.8 Å². The Balaban J connectivity index is 1.64. The lowest BCUT2D eigenvalue weighted by atomic mass is 10.0. The standard InChI is InChI=1S/C23H32FN5O4/c1-12-18-16(28(15-6-7-15)22(32)29(25)20(18)30)10-17(19(12)24)27-9-8-14(11-27)13(2)26-21(31)33-23(3,4)5/h10,13-15H,6-9,11,25H2,1-5H3,(H,26,31)/t13-,14+/m1/s1. The maximum Gasteiger partial charge on any atom is 0.407 e. The number of rotatable bonds is 4. The van der Waals surface area contributed by atoms with Gasteiger partial charge in [0.1, 0.15) is 11.4 Å². The van der Waals surface area contributed by atoms with Crippen molar-refractivity contribution in [3.8, 4) is 0 Å². The lowest BCUT2D eigenvalue weighted by Crippen LogP contribution is -2.45. The number of nitrogens with one attached hydrogen (secondary N) is 1. The molecule has 0 spiro atoms. The maximum atomic E-state index is 15.5. The third kappa shape index (κ3) is 4.30. The zero-order valence-electron chi connectivity index (χ0n) is 19.8. The summed E-state index contributed by atoms with van der Waals surface area (Å²) >= 11 is 0. The van der Waals surface area contributed by atoms with Crippen LogP contribution in [0.15, 0.2) is 15.7 Å². The number of hydrogen-bond donors (Lipinski definition) is 2. The highest BCUT2D eigenvalue weighted by molar-refractivity contribution is 5.86. The van der Waals surface area contributed by atoms with E-state index in [0.717, 1.165) is 19.3 Å². The molecule has 1 saturated heterocycles. The van der Waals surface area contributed by atoms with Gasteiger partial charge in [-0.1, -0.05) is 0 Å². The van der Waals surface area contributed by atoms with E-state index >= 15 is 4.39 Å². The van der Waals surface area contributed by atoms with E-state index in [9.17, 15) is 14.4 Å². The van der Waals surface area contributed by atoms with Crippen molar-refractivity contribution in [1.82, 2.24) is 14.6 Å². The van der Waals surface area contributed by atoms with E-state index in [2.05, 4.69) is 5.32 Å². The Morgan fingerprint density at radius 2 is 1.94 bits per heavy atom. The molecule has 1 aliphatic carbocycles. The third-order valence-corrected chi connectivity index (χ3v) is 6.49. The molecule has 33 heavy (non-hydrogen) atoms. The summed E-state index contributed by atoms with van der Waals surface area (Å²) in [4.78, 5) is 39.4. The summed E-state index contributed by atoms with van der Waals surface area (Å²) in [5.74, 6) is 5.32. The smallest absolute Gasteiger partial charge is 0.407 e. The van der Waals surface area contributed by atoms with Gasteiger partial charge in [-0.05, 0) is 65.9 Å². The van der Waals surface area contributed by atoms with Crippen molar-refractivity contribution in [1.29, 1.82) is 0 Å². The number of nitrogens with two attached hydrogens (primary N) is 1. The zero-order valence-corrected chi connectivity index (χ0v) is 19.8. The first kappa shape index (κ1) is 23.1. The predicted octanol–water partition coefficient (Wildman–Crippen LogP) is 2.40. The predicted molar refractivity (Wildman–Crippen MR) is 125 cm³/mol. The van der Waals surface area contributed by atoms with Crippen molar-refractivity contribution in [2.24, 2.45) is 5.92 Å². The van der Waals surface area contributed by atoms with Gasteiger partial charge in [0.25, 0.3) is 5.56 Å². The van der Waals surface area contributed by atoms with Crippen LogP contribution >= 0.6 is 0 Å². The molecule has 4 rings (SSSR count). The number of nitrogen functional groups attached to an aromatic ring is 1. The second-order valence-electron chi connectivity index (χ2n) is 10.2. The molecule has 1 saturated carbocycles. The fourth-order valence-electron chi connectivity index (χ4n) is 4.59. The second kappa shape index (κ2) is 8.07. The molecule has 2 heterocycles. The first-order valence-electron chi connectivity index (χ1n) is 11.4. The number of ether oxygens (including phenoxy) is 1. The molecule has 3 N–H and O–H groups in total. The van der Waals surface area contributed by atoms with Crippen LogP contribution in [0.2, 0.25) is 0 Å². The van der Waals surface area contributed by atoms with Gasteiger partial charge in [-0.25, -0.2) is 14.0 Å². The number of aromatic nitrogens is 2. The Kier molecular flexibility index (Phi) is 5.66. The fraction of sp³-hybridized carbons (Fsp3) is 0.609. The van der Waals surface area contributed by atoms with Crippen molar-refractivity contribution in [2.45, 2.75) is 71.6 Å². The summed E-state index contributed by atoms with van der Waals surface area (Å²) in [6.45, 7) is 9.99. The van der Waals surface area contributed by atoms with Crippen LogP contribution in [0.25, 0.3) is 10.9 Å². The van der Waals surface area contributed by atoms with Gasteiger partial charge < -0.3 is 20.8 Å². The van der Waals surface area contributed by atoms with Crippen LogP contribution in [0, 0.1) is 18.7 Å². The summed E-state index contributed by atoms with van der Waals surface area (Å²) in [6, 6.07) is 1.41. The summed E-state index contributed by atoms with van der Waals surface area (Å²) < 4.78 is 22.9. The molecule has 0 unspecified atom stereocenters. The molecule has 1 aromatic heterocycles. The molecule has 0 radical (unpaired) electrons. The van der Waals surface area contributed by atoms with Gasteiger partial charge in [-0.2, -0.15) is 4.68 Å². The molecule has 2 atom stereocenters. The Morgan fingerprint density at radius 1 is 1.27 bits per heavy atom. The Hall–Kier alpha value is -3.04. The minimum absolute atomic E-state index is 0.0301. The maximum absolute atomic E-state index is 15.5. The number of amides is 1. The van der Waals surface area contributed by atoms with Gasteiger partial charge in [0.05, 0.1) is 16.6 Å². The zero-order chi connectivity index (χ0) is 24.2. The third-order valence-electron chi connectivity index (χ3n) is 6.49. The number of nitrogens with zero attached hydrogens (tertiary/aromatic N) is 3. The fourth-order valence-corrected chi connectivity index (χ4v) is 4.59. The lowest BCUT2D eigenvalue weighted by Gasteiger charge is -2.26. The van der Waals surface area contributed by atoms with Crippen molar-refractivity contribution in [3.05, 3.63) is 38.3 Å². The van der Waals surface area contributed by atoms with Gasteiger partial charge in [-0.15, -0.1) is 0 Å². The van der Waals surface area contributed by atoms with E-state index in [4.69, 9.17) is 10.6 Å². The number of anilines is 1. The summed E-state index contributed by atoms with van der Waals surface area (Å²) in [5, 5.41) is 3.01. The van der Waals surface area contributed by atoms with Crippen LogP contribution in [-0.2, 0) is 4.74 Å².